The number of carbonyl (C=O) groups excluding carboxylic acids is 2. The number of rotatable bonds is 4. The number of ketones is 1. The number of hydrogen-bond donors (Lipinski definition) is 1. The molecular weight excluding hydrogens is 246 g/mol. The average molecular weight is 256 g/mol. The summed E-state index contributed by atoms with van der Waals surface area (Å²) in [6, 6.07) is 8.80. The molecule has 0 aliphatic heterocycles. The summed E-state index contributed by atoms with van der Waals surface area (Å²) in [5, 5.41) is 2.80. The largest absolute Gasteiger partial charge is 0.345 e. The van der Waals surface area contributed by atoms with Gasteiger partial charge in [0.2, 0.25) is 0 Å². The predicted octanol–water partition coefficient (Wildman–Crippen LogP) is 1.38. The fraction of sp³-hybridized carbons (Fsp3) is 0.200. The number of amides is 1. The second-order valence-electron chi connectivity index (χ2n) is 2.72. The Bertz CT molecular complexity index is 324. The number of Topliss-reactive ketones (excluding diaryl/α,β-unsaturated/α-hetero) is 1. The van der Waals surface area contributed by atoms with Crippen molar-refractivity contribution in [2.24, 2.45) is 0 Å². The summed E-state index contributed by atoms with van der Waals surface area (Å²) >= 11 is 3.02. The van der Waals surface area contributed by atoms with Gasteiger partial charge in [0.05, 0.1) is 11.9 Å². The summed E-state index contributed by atoms with van der Waals surface area (Å²) in [4.78, 5) is 22.3. The van der Waals surface area contributed by atoms with Crippen LogP contribution in [-0.4, -0.2) is 23.6 Å². The molecule has 0 saturated carbocycles. The molecule has 0 radical (unpaired) electrons. The third kappa shape index (κ3) is 3.30. The van der Waals surface area contributed by atoms with Crippen molar-refractivity contribution in [3.05, 3.63) is 35.9 Å². The number of hydrogen-bond acceptors (Lipinski definition) is 2. The van der Waals surface area contributed by atoms with Crippen molar-refractivity contribution in [3.63, 3.8) is 0 Å². The summed E-state index contributed by atoms with van der Waals surface area (Å²) in [6.07, 6.45) is 0. The monoisotopic (exact) mass is 255 g/mol. The highest BCUT2D eigenvalue weighted by Gasteiger charge is 2.05. The van der Waals surface area contributed by atoms with E-state index in [1.165, 1.54) is 0 Å². The van der Waals surface area contributed by atoms with Gasteiger partial charge in [0.25, 0.3) is 5.91 Å². The molecule has 0 atom stereocenters. The van der Waals surface area contributed by atoms with E-state index in [2.05, 4.69) is 21.2 Å². The van der Waals surface area contributed by atoms with Gasteiger partial charge in [-0.3, -0.25) is 9.59 Å². The van der Waals surface area contributed by atoms with E-state index in [0.29, 0.717) is 5.56 Å². The lowest BCUT2D eigenvalue weighted by Crippen LogP contribution is -2.29. The highest BCUT2D eigenvalue weighted by atomic mass is 79.9. The molecule has 0 spiro atoms. The molecule has 0 aromatic heterocycles. The van der Waals surface area contributed by atoms with Gasteiger partial charge < -0.3 is 5.32 Å². The van der Waals surface area contributed by atoms with Crippen LogP contribution in [-0.2, 0) is 4.79 Å². The van der Waals surface area contributed by atoms with Gasteiger partial charge in [-0.05, 0) is 12.1 Å². The minimum Gasteiger partial charge on any atom is -0.345 e. The van der Waals surface area contributed by atoms with Crippen LogP contribution in [0.2, 0.25) is 0 Å². The Morgan fingerprint density at radius 1 is 1.21 bits per heavy atom. The summed E-state index contributed by atoms with van der Waals surface area (Å²) < 4.78 is 0. The number of benzene rings is 1. The van der Waals surface area contributed by atoms with Crippen LogP contribution in [0.15, 0.2) is 30.3 Å². The van der Waals surface area contributed by atoms with Crippen LogP contribution < -0.4 is 5.32 Å². The quantitative estimate of drug-likeness (QED) is 0.827. The van der Waals surface area contributed by atoms with Gasteiger partial charge >= 0.3 is 0 Å². The molecule has 3 nitrogen and oxygen atoms in total. The number of nitrogens with one attached hydrogen (secondary N) is 1. The van der Waals surface area contributed by atoms with E-state index < -0.39 is 0 Å². The molecular formula is C10H10BrNO2. The predicted molar refractivity (Wildman–Crippen MR) is 57.6 cm³/mol. The molecule has 1 aromatic rings. The molecule has 0 unspecified atom stereocenters. The minimum atomic E-state index is -0.222. The Hall–Kier alpha value is -1.16. The van der Waals surface area contributed by atoms with Gasteiger partial charge in [-0.25, -0.2) is 0 Å². The Kier molecular flexibility index (Phi) is 4.32. The van der Waals surface area contributed by atoms with Gasteiger partial charge in [0, 0.05) is 5.56 Å². The first-order valence-electron chi connectivity index (χ1n) is 4.15. The molecule has 0 saturated heterocycles. The Morgan fingerprint density at radius 2 is 1.86 bits per heavy atom. The summed E-state index contributed by atoms with van der Waals surface area (Å²) in [5.41, 5.74) is 0.565. The second kappa shape index (κ2) is 5.54. The molecule has 0 bridgehead atoms. The standard InChI is InChI=1S/C10H10BrNO2/c11-6-9(13)7-12-10(14)8-4-2-1-3-5-8/h1-5H,6-7H2,(H,12,14). The first kappa shape index (κ1) is 10.9. The first-order valence-corrected chi connectivity index (χ1v) is 5.27. The summed E-state index contributed by atoms with van der Waals surface area (Å²) in [6.45, 7) is 0.0684. The van der Waals surface area contributed by atoms with Crippen molar-refractivity contribution in [2.75, 3.05) is 11.9 Å². The van der Waals surface area contributed by atoms with Crippen molar-refractivity contribution in [1.82, 2.24) is 5.32 Å². The van der Waals surface area contributed by atoms with Crippen molar-refractivity contribution in [3.8, 4) is 0 Å². The normalized spacial score (nSPS) is 9.50. The molecule has 4 heteroatoms. The summed E-state index contributed by atoms with van der Waals surface area (Å²) in [7, 11) is 0. The first-order chi connectivity index (χ1) is 6.74. The lowest BCUT2D eigenvalue weighted by Gasteiger charge is -2.02. The lowest BCUT2D eigenvalue weighted by molar-refractivity contribution is -0.115. The van der Waals surface area contributed by atoms with Crippen LogP contribution >= 0.6 is 15.9 Å². The molecule has 0 heterocycles. The van der Waals surface area contributed by atoms with Gasteiger partial charge in [-0.1, -0.05) is 34.1 Å². The van der Waals surface area contributed by atoms with Crippen molar-refractivity contribution in [2.45, 2.75) is 0 Å². The number of alkyl halides is 1. The van der Waals surface area contributed by atoms with Crippen LogP contribution in [0.25, 0.3) is 0 Å². The van der Waals surface area contributed by atoms with E-state index >= 15 is 0 Å². The maximum atomic E-state index is 11.4. The summed E-state index contributed by atoms with van der Waals surface area (Å²) in [5.74, 6) is -0.269. The van der Waals surface area contributed by atoms with Crippen LogP contribution in [0.4, 0.5) is 0 Å². The zero-order valence-corrected chi connectivity index (χ0v) is 9.08. The van der Waals surface area contributed by atoms with Gasteiger partial charge in [0.15, 0.2) is 5.78 Å². The van der Waals surface area contributed by atoms with Crippen LogP contribution in [0.5, 0.6) is 0 Å². The molecule has 0 aliphatic carbocycles. The fourth-order valence-corrected chi connectivity index (χ4v) is 1.12. The van der Waals surface area contributed by atoms with E-state index in [9.17, 15) is 9.59 Å². The molecule has 74 valence electrons. The topological polar surface area (TPSA) is 46.2 Å². The highest BCUT2D eigenvalue weighted by molar-refractivity contribution is 9.09. The molecule has 14 heavy (non-hydrogen) atoms. The minimum absolute atomic E-state index is 0.0470. The van der Waals surface area contributed by atoms with Gasteiger partial charge in [-0.15, -0.1) is 0 Å². The molecule has 1 N–H and O–H groups in total. The maximum absolute atomic E-state index is 11.4. The number of halogens is 1. The smallest absolute Gasteiger partial charge is 0.251 e. The van der Waals surface area contributed by atoms with E-state index in [1.54, 1.807) is 24.3 Å². The van der Waals surface area contributed by atoms with Gasteiger partial charge in [0.1, 0.15) is 0 Å². The van der Waals surface area contributed by atoms with Crippen LogP contribution in [0.3, 0.4) is 0 Å². The highest BCUT2D eigenvalue weighted by Crippen LogP contribution is 1.97. The van der Waals surface area contributed by atoms with E-state index in [0.717, 1.165) is 0 Å². The van der Waals surface area contributed by atoms with Gasteiger partial charge in [-0.2, -0.15) is 0 Å². The second-order valence-corrected chi connectivity index (χ2v) is 3.28. The Labute approximate surface area is 90.6 Å². The van der Waals surface area contributed by atoms with Crippen molar-refractivity contribution >= 4 is 27.6 Å². The van der Waals surface area contributed by atoms with E-state index in [-0.39, 0.29) is 23.6 Å². The third-order valence-electron chi connectivity index (χ3n) is 1.63. The maximum Gasteiger partial charge on any atom is 0.251 e. The van der Waals surface area contributed by atoms with Crippen LogP contribution in [0, 0.1) is 0 Å². The third-order valence-corrected chi connectivity index (χ3v) is 2.26. The Balaban J connectivity index is 2.48. The fourth-order valence-electron chi connectivity index (χ4n) is 0.918. The molecule has 0 aliphatic rings. The molecule has 1 aromatic carbocycles. The van der Waals surface area contributed by atoms with E-state index in [1.807, 2.05) is 6.07 Å². The SMILES string of the molecule is O=C(CBr)CNC(=O)c1ccccc1. The van der Waals surface area contributed by atoms with E-state index in [4.69, 9.17) is 0 Å². The van der Waals surface area contributed by atoms with Crippen molar-refractivity contribution < 1.29 is 9.59 Å². The zero-order valence-electron chi connectivity index (χ0n) is 7.50. The zero-order chi connectivity index (χ0) is 10.4. The Morgan fingerprint density at radius 3 is 2.43 bits per heavy atom. The average Bonchev–Trinajstić information content (AvgIpc) is 2.26. The molecule has 1 amide bonds. The van der Waals surface area contributed by atoms with Crippen LogP contribution in [0.1, 0.15) is 10.4 Å². The number of carbonyl (C=O) groups is 2. The lowest BCUT2D eigenvalue weighted by atomic mass is 10.2. The van der Waals surface area contributed by atoms with Crippen molar-refractivity contribution in [1.29, 1.82) is 0 Å². The molecule has 1 rings (SSSR count). The molecule has 0 fully saturated rings.